The Labute approximate surface area is 116 Å². The molecule has 4 nitrogen and oxygen atoms in total. The minimum Gasteiger partial charge on any atom is -0.377 e. The van der Waals surface area contributed by atoms with Crippen LogP contribution in [-0.2, 0) is 9.53 Å². The van der Waals surface area contributed by atoms with E-state index in [1.165, 1.54) is 0 Å². The van der Waals surface area contributed by atoms with E-state index in [1.54, 1.807) is 6.08 Å². The second kappa shape index (κ2) is 4.60. The van der Waals surface area contributed by atoms with E-state index in [0.717, 1.165) is 6.42 Å². The van der Waals surface area contributed by atoms with E-state index in [1.807, 2.05) is 32.6 Å². The number of carbonyl (C=O) groups excluding carboxylic acids is 1. The van der Waals surface area contributed by atoms with E-state index in [0.29, 0.717) is 13.2 Å². The lowest BCUT2D eigenvalue weighted by Gasteiger charge is -2.61. The number of hydrogen-bond acceptors (Lipinski definition) is 3. The first-order valence-electron chi connectivity index (χ1n) is 7.11. The quantitative estimate of drug-likeness (QED) is 0.786. The predicted octanol–water partition coefficient (Wildman–Crippen LogP) is 1.55. The number of ether oxygens (including phenoxy) is 1. The van der Waals surface area contributed by atoms with E-state index in [-0.39, 0.29) is 29.4 Å². The molecule has 0 radical (unpaired) electrons. The molecular weight excluding hydrogens is 240 g/mol. The number of amides is 1. The van der Waals surface area contributed by atoms with Crippen molar-refractivity contribution in [2.45, 2.75) is 51.8 Å². The van der Waals surface area contributed by atoms with Crippen LogP contribution in [0.3, 0.4) is 0 Å². The van der Waals surface area contributed by atoms with Gasteiger partial charge in [0.1, 0.15) is 5.54 Å². The summed E-state index contributed by atoms with van der Waals surface area (Å²) in [5, 5.41) is 0. The van der Waals surface area contributed by atoms with Crippen molar-refractivity contribution in [3.05, 3.63) is 12.7 Å². The van der Waals surface area contributed by atoms with Crippen molar-refractivity contribution in [2.75, 3.05) is 13.2 Å². The smallest absolute Gasteiger partial charge is 0.244 e. The topological polar surface area (TPSA) is 55.6 Å². The van der Waals surface area contributed by atoms with Crippen molar-refractivity contribution in [1.82, 2.24) is 4.90 Å². The van der Waals surface area contributed by atoms with Crippen molar-refractivity contribution >= 4 is 5.91 Å². The van der Waals surface area contributed by atoms with Gasteiger partial charge in [-0.25, -0.2) is 0 Å². The number of rotatable bonds is 4. The summed E-state index contributed by atoms with van der Waals surface area (Å²) in [6, 6.07) is 0.128. The third-order valence-electron chi connectivity index (χ3n) is 5.02. The van der Waals surface area contributed by atoms with E-state index >= 15 is 0 Å². The maximum Gasteiger partial charge on any atom is 0.244 e. The molecule has 3 atom stereocenters. The summed E-state index contributed by atoms with van der Waals surface area (Å²) in [5.74, 6) is 0.195. The van der Waals surface area contributed by atoms with Crippen molar-refractivity contribution < 1.29 is 9.53 Å². The van der Waals surface area contributed by atoms with Gasteiger partial charge < -0.3 is 15.4 Å². The van der Waals surface area contributed by atoms with E-state index in [2.05, 4.69) is 6.58 Å². The zero-order valence-corrected chi connectivity index (χ0v) is 12.5. The summed E-state index contributed by atoms with van der Waals surface area (Å²) in [7, 11) is 0. The highest BCUT2D eigenvalue weighted by molar-refractivity contribution is 5.90. The molecule has 4 heteroatoms. The third kappa shape index (κ3) is 1.77. The molecule has 1 heterocycles. The first kappa shape index (κ1) is 14.5. The second-order valence-electron chi connectivity index (χ2n) is 6.62. The molecule has 108 valence electrons. The van der Waals surface area contributed by atoms with Crippen LogP contribution in [-0.4, -0.2) is 41.6 Å². The van der Waals surface area contributed by atoms with Crippen molar-refractivity contribution in [3.8, 4) is 0 Å². The molecule has 0 bridgehead atoms. The largest absolute Gasteiger partial charge is 0.377 e. The van der Waals surface area contributed by atoms with E-state index in [9.17, 15) is 4.79 Å². The number of carbonyl (C=O) groups is 1. The summed E-state index contributed by atoms with van der Waals surface area (Å²) < 4.78 is 5.74. The summed E-state index contributed by atoms with van der Waals surface area (Å²) in [6.07, 6.45) is 2.77. The fourth-order valence-electron chi connectivity index (χ4n) is 3.72. The molecule has 1 saturated heterocycles. The van der Waals surface area contributed by atoms with Crippen molar-refractivity contribution in [1.29, 1.82) is 0 Å². The molecule has 1 aliphatic carbocycles. The van der Waals surface area contributed by atoms with Crippen LogP contribution in [0.4, 0.5) is 0 Å². The Balaban J connectivity index is 2.28. The molecule has 2 rings (SSSR count). The molecule has 0 aromatic heterocycles. The molecule has 2 fully saturated rings. The van der Waals surface area contributed by atoms with Crippen molar-refractivity contribution in [3.63, 3.8) is 0 Å². The molecule has 2 N–H and O–H groups in total. The Kier molecular flexibility index (Phi) is 3.52. The Bertz CT molecular complexity index is 392. The van der Waals surface area contributed by atoms with Gasteiger partial charge in [-0.05, 0) is 20.3 Å². The van der Waals surface area contributed by atoms with E-state index < -0.39 is 5.54 Å². The Morgan fingerprint density at radius 3 is 2.74 bits per heavy atom. The molecule has 1 amide bonds. The summed E-state index contributed by atoms with van der Waals surface area (Å²) in [5.41, 5.74) is 5.46. The lowest BCUT2D eigenvalue weighted by Crippen LogP contribution is -2.80. The lowest BCUT2D eigenvalue weighted by atomic mass is 9.47. The maximum absolute atomic E-state index is 12.9. The van der Waals surface area contributed by atoms with Gasteiger partial charge in [0.15, 0.2) is 0 Å². The highest BCUT2D eigenvalue weighted by Crippen LogP contribution is 2.58. The molecule has 2 aliphatic rings. The summed E-state index contributed by atoms with van der Waals surface area (Å²) in [4.78, 5) is 14.8. The van der Waals surface area contributed by atoms with Gasteiger partial charge in [-0.2, -0.15) is 0 Å². The highest BCUT2D eigenvalue weighted by Gasteiger charge is 2.71. The van der Waals surface area contributed by atoms with Gasteiger partial charge in [-0.3, -0.25) is 4.79 Å². The van der Waals surface area contributed by atoms with Gasteiger partial charge in [0.05, 0.1) is 6.10 Å². The minimum absolute atomic E-state index is 0.0409. The molecule has 0 spiro atoms. The van der Waals surface area contributed by atoms with Gasteiger partial charge in [-0.15, -0.1) is 6.58 Å². The van der Waals surface area contributed by atoms with Gasteiger partial charge in [-0.1, -0.05) is 19.9 Å². The SMILES string of the molecule is C=CCN(C(=O)C1(N)C2CCOC2C1(C)C)C(C)C. The van der Waals surface area contributed by atoms with Crippen LogP contribution in [0.2, 0.25) is 0 Å². The van der Waals surface area contributed by atoms with Gasteiger partial charge in [0, 0.05) is 30.5 Å². The van der Waals surface area contributed by atoms with Crippen LogP contribution in [0.5, 0.6) is 0 Å². The standard InChI is InChI=1S/C15H26N2O2/c1-6-8-17(10(2)3)13(18)15(16)11-7-9-19-12(11)14(15,4)5/h6,10-12H,1,7-9,16H2,2-5H3. The number of fused-ring (bicyclic) bond motifs is 1. The first-order valence-corrected chi connectivity index (χ1v) is 7.11. The van der Waals surface area contributed by atoms with Crippen LogP contribution < -0.4 is 5.73 Å². The Hall–Kier alpha value is -0.870. The van der Waals surface area contributed by atoms with Crippen LogP contribution in [0.15, 0.2) is 12.7 Å². The summed E-state index contributed by atoms with van der Waals surface area (Å²) in [6.45, 7) is 13.1. The summed E-state index contributed by atoms with van der Waals surface area (Å²) >= 11 is 0. The zero-order chi connectivity index (χ0) is 14.4. The Morgan fingerprint density at radius 2 is 2.21 bits per heavy atom. The predicted molar refractivity (Wildman–Crippen MR) is 75.6 cm³/mol. The molecule has 19 heavy (non-hydrogen) atoms. The number of nitrogens with zero attached hydrogens (tertiary/aromatic N) is 1. The van der Waals surface area contributed by atoms with Crippen LogP contribution in [0.1, 0.15) is 34.1 Å². The molecule has 1 aliphatic heterocycles. The average Bonchev–Trinajstić information content (AvgIpc) is 2.81. The van der Waals surface area contributed by atoms with Crippen LogP contribution in [0.25, 0.3) is 0 Å². The molecule has 0 aromatic carbocycles. The second-order valence-corrected chi connectivity index (χ2v) is 6.62. The van der Waals surface area contributed by atoms with Gasteiger partial charge in [0.2, 0.25) is 5.91 Å². The van der Waals surface area contributed by atoms with Crippen LogP contribution in [0, 0.1) is 11.3 Å². The zero-order valence-electron chi connectivity index (χ0n) is 12.5. The third-order valence-corrected chi connectivity index (χ3v) is 5.02. The lowest BCUT2D eigenvalue weighted by molar-refractivity contribution is -0.185. The minimum atomic E-state index is -0.804. The highest BCUT2D eigenvalue weighted by atomic mass is 16.5. The molecule has 1 saturated carbocycles. The normalized spacial score (nSPS) is 35.7. The number of nitrogens with two attached hydrogens (primary N) is 1. The van der Waals surface area contributed by atoms with Gasteiger partial charge >= 0.3 is 0 Å². The maximum atomic E-state index is 12.9. The van der Waals surface area contributed by atoms with Crippen molar-refractivity contribution in [2.24, 2.45) is 17.1 Å². The molecule has 0 aromatic rings. The van der Waals surface area contributed by atoms with Crippen LogP contribution >= 0.6 is 0 Å². The Morgan fingerprint density at radius 1 is 1.58 bits per heavy atom. The van der Waals surface area contributed by atoms with Gasteiger partial charge in [0.25, 0.3) is 0 Å². The number of hydrogen-bond donors (Lipinski definition) is 1. The average molecular weight is 266 g/mol. The fraction of sp³-hybridized carbons (Fsp3) is 0.800. The monoisotopic (exact) mass is 266 g/mol. The molecule has 3 unspecified atom stereocenters. The molecular formula is C15H26N2O2. The van der Waals surface area contributed by atoms with E-state index in [4.69, 9.17) is 10.5 Å². The fourth-order valence-corrected chi connectivity index (χ4v) is 3.72. The first-order chi connectivity index (χ1) is 8.78.